The predicted octanol–water partition coefficient (Wildman–Crippen LogP) is 4.02. The molecule has 4 nitrogen and oxygen atoms in total. The average Bonchev–Trinajstić information content (AvgIpc) is 2.84. The number of hydrogen-bond acceptors (Lipinski definition) is 3. The monoisotopic (exact) mass is 294 g/mol. The van der Waals surface area contributed by atoms with Crippen LogP contribution in [-0.2, 0) is 11.2 Å². The lowest BCUT2D eigenvalue weighted by atomic mass is 10.1. The van der Waals surface area contributed by atoms with Gasteiger partial charge in [-0.3, -0.25) is 4.79 Å². The number of aryl methyl sites for hydroxylation is 3. The van der Waals surface area contributed by atoms with E-state index >= 15 is 0 Å². The van der Waals surface area contributed by atoms with Gasteiger partial charge in [0.05, 0.1) is 0 Å². The lowest BCUT2D eigenvalue weighted by molar-refractivity contribution is -0.116. The summed E-state index contributed by atoms with van der Waals surface area (Å²) in [6, 6.07) is 13.7. The van der Waals surface area contributed by atoms with Gasteiger partial charge in [-0.1, -0.05) is 29.8 Å². The van der Waals surface area contributed by atoms with Crippen LogP contribution < -0.4 is 5.32 Å². The summed E-state index contributed by atoms with van der Waals surface area (Å²) >= 11 is 0. The Labute approximate surface area is 129 Å². The van der Waals surface area contributed by atoms with Gasteiger partial charge in [-0.15, -0.1) is 0 Å². The standard InChI is InChI=1S/C18H18N2O2/c1-12-4-3-5-14(10-12)6-9-18(21)20-15-7-8-16-17(11-15)22-13(2)19-16/h3-5,7-8,10-11H,6,9H2,1-2H3,(H,20,21). The fourth-order valence-electron chi connectivity index (χ4n) is 2.47. The van der Waals surface area contributed by atoms with Crippen LogP contribution in [-0.4, -0.2) is 10.9 Å². The van der Waals surface area contributed by atoms with Crippen molar-refractivity contribution in [2.45, 2.75) is 26.7 Å². The van der Waals surface area contributed by atoms with Gasteiger partial charge < -0.3 is 9.73 Å². The summed E-state index contributed by atoms with van der Waals surface area (Å²) in [5.41, 5.74) is 4.61. The maximum Gasteiger partial charge on any atom is 0.224 e. The summed E-state index contributed by atoms with van der Waals surface area (Å²) in [6.45, 7) is 3.86. The van der Waals surface area contributed by atoms with Crippen LogP contribution in [0, 0.1) is 13.8 Å². The van der Waals surface area contributed by atoms with E-state index in [0.717, 1.165) is 17.6 Å². The number of oxazole rings is 1. The molecule has 0 aliphatic rings. The number of anilines is 1. The van der Waals surface area contributed by atoms with Crippen LogP contribution in [0.2, 0.25) is 0 Å². The van der Waals surface area contributed by atoms with Gasteiger partial charge in [0.25, 0.3) is 0 Å². The van der Waals surface area contributed by atoms with Gasteiger partial charge in [0.15, 0.2) is 11.5 Å². The third-order valence-corrected chi connectivity index (χ3v) is 3.50. The van der Waals surface area contributed by atoms with Crippen molar-refractivity contribution in [2.24, 2.45) is 0 Å². The Morgan fingerprint density at radius 1 is 1.18 bits per heavy atom. The van der Waals surface area contributed by atoms with Crippen LogP contribution in [0.1, 0.15) is 23.4 Å². The lowest BCUT2D eigenvalue weighted by Crippen LogP contribution is -2.12. The van der Waals surface area contributed by atoms with Crippen molar-refractivity contribution in [1.82, 2.24) is 4.98 Å². The quantitative estimate of drug-likeness (QED) is 0.790. The third kappa shape index (κ3) is 3.34. The second-order valence-corrected chi connectivity index (χ2v) is 5.45. The van der Waals surface area contributed by atoms with Gasteiger partial charge in [0.1, 0.15) is 5.52 Å². The number of carbonyl (C=O) groups is 1. The number of fused-ring (bicyclic) bond motifs is 1. The fourth-order valence-corrected chi connectivity index (χ4v) is 2.47. The summed E-state index contributed by atoms with van der Waals surface area (Å²) in [6.07, 6.45) is 1.19. The molecule has 3 aromatic rings. The second-order valence-electron chi connectivity index (χ2n) is 5.45. The van der Waals surface area contributed by atoms with E-state index in [-0.39, 0.29) is 5.91 Å². The second kappa shape index (κ2) is 6.02. The molecule has 0 bridgehead atoms. The predicted molar refractivity (Wildman–Crippen MR) is 86.9 cm³/mol. The van der Waals surface area contributed by atoms with Crippen LogP contribution in [0.15, 0.2) is 46.9 Å². The van der Waals surface area contributed by atoms with Crippen molar-refractivity contribution in [3.8, 4) is 0 Å². The number of aromatic nitrogens is 1. The Morgan fingerprint density at radius 3 is 2.86 bits per heavy atom. The van der Waals surface area contributed by atoms with Crippen molar-refractivity contribution in [1.29, 1.82) is 0 Å². The Balaban J connectivity index is 1.62. The number of benzene rings is 2. The highest BCUT2D eigenvalue weighted by Crippen LogP contribution is 2.20. The highest BCUT2D eigenvalue weighted by Gasteiger charge is 2.07. The Kier molecular flexibility index (Phi) is 3.92. The number of nitrogens with zero attached hydrogens (tertiary/aromatic N) is 1. The first-order chi connectivity index (χ1) is 10.6. The minimum Gasteiger partial charge on any atom is -0.441 e. The van der Waals surface area contributed by atoms with Crippen LogP contribution in [0.25, 0.3) is 11.1 Å². The molecule has 0 saturated carbocycles. The van der Waals surface area contributed by atoms with E-state index in [2.05, 4.69) is 29.4 Å². The lowest BCUT2D eigenvalue weighted by Gasteiger charge is -2.05. The number of nitrogens with one attached hydrogen (secondary N) is 1. The molecule has 4 heteroatoms. The minimum absolute atomic E-state index is 0.00269. The molecule has 1 heterocycles. The number of hydrogen-bond donors (Lipinski definition) is 1. The molecule has 0 aliphatic carbocycles. The van der Waals surface area contributed by atoms with E-state index in [4.69, 9.17) is 4.42 Å². The van der Waals surface area contributed by atoms with E-state index in [1.807, 2.05) is 24.3 Å². The number of amides is 1. The summed E-state index contributed by atoms with van der Waals surface area (Å²) in [4.78, 5) is 16.3. The smallest absolute Gasteiger partial charge is 0.224 e. The first-order valence-corrected chi connectivity index (χ1v) is 7.33. The molecule has 22 heavy (non-hydrogen) atoms. The van der Waals surface area contributed by atoms with E-state index in [0.29, 0.717) is 17.9 Å². The molecule has 1 amide bonds. The first-order valence-electron chi connectivity index (χ1n) is 7.33. The molecule has 1 N–H and O–H groups in total. The normalized spacial score (nSPS) is 10.8. The molecule has 2 aromatic carbocycles. The zero-order chi connectivity index (χ0) is 15.5. The van der Waals surface area contributed by atoms with E-state index in [1.54, 1.807) is 13.0 Å². The topological polar surface area (TPSA) is 55.1 Å². The Hall–Kier alpha value is -2.62. The van der Waals surface area contributed by atoms with Gasteiger partial charge >= 0.3 is 0 Å². The molecule has 1 aromatic heterocycles. The molecule has 0 radical (unpaired) electrons. The van der Waals surface area contributed by atoms with E-state index < -0.39 is 0 Å². The number of rotatable bonds is 4. The molecular weight excluding hydrogens is 276 g/mol. The SMILES string of the molecule is Cc1cccc(CCC(=O)Nc2ccc3nc(C)oc3c2)c1. The Bertz CT molecular complexity index is 821. The van der Waals surface area contributed by atoms with Gasteiger partial charge in [0, 0.05) is 25.1 Å². The largest absolute Gasteiger partial charge is 0.441 e. The minimum atomic E-state index is -0.00269. The molecule has 0 unspecified atom stereocenters. The average molecular weight is 294 g/mol. The summed E-state index contributed by atoms with van der Waals surface area (Å²) in [5, 5.41) is 2.90. The van der Waals surface area contributed by atoms with Crippen molar-refractivity contribution in [3.63, 3.8) is 0 Å². The number of carbonyl (C=O) groups excluding carboxylic acids is 1. The Morgan fingerprint density at radius 2 is 2.05 bits per heavy atom. The van der Waals surface area contributed by atoms with Crippen LogP contribution >= 0.6 is 0 Å². The molecule has 0 atom stereocenters. The highest BCUT2D eigenvalue weighted by molar-refractivity contribution is 5.92. The van der Waals surface area contributed by atoms with Gasteiger partial charge in [-0.2, -0.15) is 0 Å². The molecule has 112 valence electrons. The first kappa shape index (κ1) is 14.3. The highest BCUT2D eigenvalue weighted by atomic mass is 16.3. The fraction of sp³-hybridized carbons (Fsp3) is 0.222. The molecular formula is C18H18N2O2. The maximum atomic E-state index is 12.1. The van der Waals surface area contributed by atoms with Crippen molar-refractivity contribution < 1.29 is 9.21 Å². The van der Waals surface area contributed by atoms with E-state index in [1.165, 1.54) is 11.1 Å². The molecule has 0 spiro atoms. The maximum absolute atomic E-state index is 12.1. The van der Waals surface area contributed by atoms with Crippen LogP contribution in [0.3, 0.4) is 0 Å². The molecule has 0 fully saturated rings. The zero-order valence-corrected chi connectivity index (χ0v) is 12.7. The summed E-state index contributed by atoms with van der Waals surface area (Å²) in [5.74, 6) is 0.620. The van der Waals surface area contributed by atoms with Gasteiger partial charge in [0.2, 0.25) is 5.91 Å². The molecule has 3 rings (SSSR count). The molecule has 0 saturated heterocycles. The molecule has 0 aliphatic heterocycles. The summed E-state index contributed by atoms with van der Waals surface area (Å²) in [7, 11) is 0. The van der Waals surface area contributed by atoms with Crippen molar-refractivity contribution >= 4 is 22.7 Å². The van der Waals surface area contributed by atoms with Crippen LogP contribution in [0.4, 0.5) is 5.69 Å². The third-order valence-electron chi connectivity index (χ3n) is 3.50. The van der Waals surface area contributed by atoms with Gasteiger partial charge in [-0.05, 0) is 31.0 Å². The van der Waals surface area contributed by atoms with Crippen molar-refractivity contribution in [2.75, 3.05) is 5.32 Å². The van der Waals surface area contributed by atoms with Crippen LogP contribution in [0.5, 0.6) is 0 Å². The summed E-state index contributed by atoms with van der Waals surface area (Å²) < 4.78 is 5.47. The van der Waals surface area contributed by atoms with E-state index in [9.17, 15) is 4.79 Å². The van der Waals surface area contributed by atoms with Gasteiger partial charge in [-0.25, -0.2) is 4.98 Å². The van der Waals surface area contributed by atoms with Crippen molar-refractivity contribution in [3.05, 3.63) is 59.5 Å². The zero-order valence-electron chi connectivity index (χ0n) is 12.7.